The first-order valence-electron chi connectivity index (χ1n) is 9.68. The summed E-state index contributed by atoms with van der Waals surface area (Å²) in [5.41, 5.74) is 3.61. The van der Waals surface area contributed by atoms with Crippen molar-refractivity contribution in [3.63, 3.8) is 0 Å². The van der Waals surface area contributed by atoms with E-state index in [1.54, 1.807) is 0 Å². The number of rotatable bonds is 2. The van der Waals surface area contributed by atoms with Gasteiger partial charge >= 0.3 is 6.09 Å². The molecular weight excluding hydrogens is 346 g/mol. The van der Waals surface area contributed by atoms with Gasteiger partial charge in [0.1, 0.15) is 6.61 Å². The maximum atomic E-state index is 12.7. The SMILES string of the molecule is O=C(OCc1ccccc1)N1CCc2c(c3ccccc3c3ccccc23)C1. The Morgan fingerprint density at radius 3 is 2.00 bits per heavy atom. The highest BCUT2D eigenvalue weighted by atomic mass is 16.6. The molecule has 4 aromatic carbocycles. The Labute approximate surface area is 164 Å². The van der Waals surface area contributed by atoms with Crippen LogP contribution in [0.1, 0.15) is 16.7 Å². The summed E-state index contributed by atoms with van der Waals surface area (Å²) in [6, 6.07) is 26.9. The van der Waals surface area contributed by atoms with Gasteiger partial charge in [-0.2, -0.15) is 0 Å². The standard InChI is InChI=1S/C25H21NO2/c27-25(28-17-18-8-2-1-3-9-18)26-15-14-23-21-12-5-4-10-19(21)20-11-6-7-13-22(20)24(23)16-26/h1-13H,14-17H2. The number of benzene rings is 4. The van der Waals surface area contributed by atoms with Gasteiger partial charge in [-0.1, -0.05) is 78.9 Å². The van der Waals surface area contributed by atoms with Crippen molar-refractivity contribution in [3.05, 3.63) is 95.6 Å². The van der Waals surface area contributed by atoms with Crippen LogP contribution in [0.2, 0.25) is 0 Å². The maximum absolute atomic E-state index is 12.7. The topological polar surface area (TPSA) is 29.5 Å². The number of hydrogen-bond donors (Lipinski definition) is 0. The smallest absolute Gasteiger partial charge is 0.410 e. The van der Waals surface area contributed by atoms with Crippen LogP contribution in [0.3, 0.4) is 0 Å². The van der Waals surface area contributed by atoms with E-state index in [2.05, 4.69) is 48.5 Å². The van der Waals surface area contributed by atoms with Crippen molar-refractivity contribution in [2.45, 2.75) is 19.6 Å². The van der Waals surface area contributed by atoms with Crippen molar-refractivity contribution in [2.75, 3.05) is 6.54 Å². The van der Waals surface area contributed by atoms with E-state index in [0.717, 1.165) is 12.0 Å². The summed E-state index contributed by atoms with van der Waals surface area (Å²) < 4.78 is 5.57. The molecule has 0 bridgehead atoms. The largest absolute Gasteiger partial charge is 0.445 e. The number of hydrogen-bond acceptors (Lipinski definition) is 2. The molecule has 3 nitrogen and oxygen atoms in total. The average molecular weight is 367 g/mol. The molecule has 0 radical (unpaired) electrons. The number of carbonyl (C=O) groups excluding carboxylic acids is 1. The molecule has 1 aliphatic heterocycles. The molecule has 0 aromatic heterocycles. The van der Waals surface area contributed by atoms with Crippen molar-refractivity contribution in [1.29, 1.82) is 0 Å². The third-order valence-electron chi connectivity index (χ3n) is 5.60. The van der Waals surface area contributed by atoms with Crippen molar-refractivity contribution in [1.82, 2.24) is 4.90 Å². The number of amides is 1. The Balaban J connectivity index is 1.48. The lowest BCUT2D eigenvalue weighted by molar-refractivity contribution is 0.0921. The molecule has 0 unspecified atom stereocenters. The zero-order chi connectivity index (χ0) is 18.9. The van der Waals surface area contributed by atoms with Gasteiger partial charge in [-0.15, -0.1) is 0 Å². The van der Waals surface area contributed by atoms with E-state index in [1.165, 1.54) is 32.7 Å². The molecule has 138 valence electrons. The predicted molar refractivity (Wildman–Crippen MR) is 112 cm³/mol. The van der Waals surface area contributed by atoms with Crippen molar-refractivity contribution in [3.8, 4) is 0 Å². The Kier molecular flexibility index (Phi) is 4.21. The second kappa shape index (κ2) is 7.01. The Morgan fingerprint density at radius 2 is 1.32 bits per heavy atom. The molecule has 4 aromatic rings. The van der Waals surface area contributed by atoms with Crippen LogP contribution in [-0.2, 0) is 24.3 Å². The second-order valence-electron chi connectivity index (χ2n) is 7.26. The van der Waals surface area contributed by atoms with Gasteiger partial charge in [-0.05, 0) is 44.7 Å². The minimum absolute atomic E-state index is 0.244. The van der Waals surface area contributed by atoms with Gasteiger partial charge in [0.2, 0.25) is 0 Å². The van der Waals surface area contributed by atoms with Gasteiger partial charge < -0.3 is 9.64 Å². The minimum Gasteiger partial charge on any atom is -0.445 e. The molecule has 3 heteroatoms. The van der Waals surface area contributed by atoms with Gasteiger partial charge in [0.15, 0.2) is 0 Å². The molecule has 0 saturated carbocycles. The zero-order valence-electron chi connectivity index (χ0n) is 15.6. The van der Waals surface area contributed by atoms with E-state index < -0.39 is 0 Å². The summed E-state index contributed by atoms with van der Waals surface area (Å²) in [7, 11) is 0. The van der Waals surface area contributed by atoms with Crippen LogP contribution >= 0.6 is 0 Å². The second-order valence-corrected chi connectivity index (χ2v) is 7.26. The van der Waals surface area contributed by atoms with Crippen LogP contribution < -0.4 is 0 Å². The third kappa shape index (κ3) is 2.89. The zero-order valence-corrected chi connectivity index (χ0v) is 15.6. The minimum atomic E-state index is -0.244. The van der Waals surface area contributed by atoms with Crippen LogP contribution in [0.4, 0.5) is 4.79 Å². The number of fused-ring (bicyclic) bond motifs is 6. The Morgan fingerprint density at radius 1 is 0.750 bits per heavy atom. The normalized spacial score (nSPS) is 13.5. The molecule has 5 rings (SSSR count). The molecule has 28 heavy (non-hydrogen) atoms. The molecule has 0 spiro atoms. The Bertz CT molecular complexity index is 1170. The van der Waals surface area contributed by atoms with Gasteiger partial charge in [-0.3, -0.25) is 0 Å². The third-order valence-corrected chi connectivity index (χ3v) is 5.60. The van der Waals surface area contributed by atoms with Gasteiger partial charge in [0.05, 0.1) is 0 Å². The van der Waals surface area contributed by atoms with Crippen LogP contribution in [0.5, 0.6) is 0 Å². The van der Waals surface area contributed by atoms with Crippen LogP contribution in [-0.4, -0.2) is 17.5 Å². The highest BCUT2D eigenvalue weighted by Crippen LogP contribution is 2.36. The monoisotopic (exact) mass is 367 g/mol. The lowest BCUT2D eigenvalue weighted by Gasteiger charge is -2.30. The molecule has 0 aliphatic carbocycles. The quantitative estimate of drug-likeness (QED) is 0.426. The number of ether oxygens (including phenoxy) is 1. The van der Waals surface area contributed by atoms with Crippen molar-refractivity contribution >= 4 is 27.6 Å². The van der Waals surface area contributed by atoms with E-state index in [1.807, 2.05) is 35.2 Å². The van der Waals surface area contributed by atoms with Crippen LogP contribution in [0.15, 0.2) is 78.9 Å². The molecule has 0 fully saturated rings. The fourth-order valence-electron chi connectivity index (χ4n) is 4.24. The predicted octanol–water partition coefficient (Wildman–Crippen LogP) is 5.69. The number of nitrogens with zero attached hydrogens (tertiary/aromatic N) is 1. The fourth-order valence-corrected chi connectivity index (χ4v) is 4.24. The summed E-state index contributed by atoms with van der Waals surface area (Å²) in [5, 5.41) is 5.07. The van der Waals surface area contributed by atoms with E-state index in [4.69, 9.17) is 4.74 Å². The van der Waals surface area contributed by atoms with Crippen molar-refractivity contribution < 1.29 is 9.53 Å². The number of carbonyl (C=O) groups is 1. The first-order chi connectivity index (χ1) is 13.8. The van der Waals surface area contributed by atoms with Crippen LogP contribution in [0.25, 0.3) is 21.5 Å². The van der Waals surface area contributed by atoms with Gasteiger partial charge in [0, 0.05) is 13.1 Å². The summed E-state index contributed by atoms with van der Waals surface area (Å²) in [6.07, 6.45) is 0.605. The first-order valence-corrected chi connectivity index (χ1v) is 9.68. The van der Waals surface area contributed by atoms with E-state index in [-0.39, 0.29) is 6.09 Å². The maximum Gasteiger partial charge on any atom is 0.410 e. The summed E-state index contributed by atoms with van der Waals surface area (Å²) in [5.74, 6) is 0. The molecule has 1 amide bonds. The van der Waals surface area contributed by atoms with E-state index >= 15 is 0 Å². The summed E-state index contributed by atoms with van der Waals surface area (Å²) in [4.78, 5) is 14.5. The lowest BCUT2D eigenvalue weighted by atomic mass is 9.88. The average Bonchev–Trinajstić information content (AvgIpc) is 2.78. The van der Waals surface area contributed by atoms with Crippen molar-refractivity contribution in [2.24, 2.45) is 0 Å². The van der Waals surface area contributed by atoms with Gasteiger partial charge in [-0.25, -0.2) is 4.79 Å². The molecule has 0 atom stereocenters. The molecule has 1 aliphatic rings. The summed E-state index contributed by atoms with van der Waals surface area (Å²) in [6.45, 7) is 1.58. The molecular formula is C25H21NO2. The lowest BCUT2D eigenvalue weighted by Crippen LogP contribution is -2.36. The first kappa shape index (κ1) is 16.8. The van der Waals surface area contributed by atoms with Gasteiger partial charge in [0.25, 0.3) is 0 Å². The fraction of sp³-hybridized carbons (Fsp3) is 0.160. The highest BCUT2D eigenvalue weighted by Gasteiger charge is 2.25. The van der Waals surface area contributed by atoms with E-state index in [0.29, 0.717) is 19.7 Å². The summed E-state index contributed by atoms with van der Waals surface area (Å²) >= 11 is 0. The molecule has 0 saturated heterocycles. The Hall–Kier alpha value is -3.33. The molecule has 1 heterocycles. The van der Waals surface area contributed by atoms with Crippen LogP contribution in [0, 0.1) is 0 Å². The molecule has 0 N–H and O–H groups in total. The highest BCUT2D eigenvalue weighted by molar-refractivity contribution is 6.10. The van der Waals surface area contributed by atoms with E-state index in [9.17, 15) is 4.79 Å².